The highest BCUT2D eigenvalue weighted by Crippen LogP contribution is 2.20. The van der Waals surface area contributed by atoms with Crippen LogP contribution < -0.4 is 10.6 Å². The SMILES string of the molecule is C/C(=N\O)C(C)(C)NCCC(CCCC(C)C)CCNC(C)(C)/C(C)=N/O. The maximum absolute atomic E-state index is 9.02. The highest BCUT2D eigenvalue weighted by molar-refractivity contribution is 5.90. The molecule has 27 heavy (non-hydrogen) atoms. The summed E-state index contributed by atoms with van der Waals surface area (Å²) in [5, 5.41) is 31.7. The lowest BCUT2D eigenvalue weighted by atomic mass is 9.91. The fourth-order valence-electron chi connectivity index (χ4n) is 2.93. The van der Waals surface area contributed by atoms with Gasteiger partial charge in [0, 0.05) is 0 Å². The van der Waals surface area contributed by atoms with E-state index in [1.165, 1.54) is 19.3 Å². The molecule has 160 valence electrons. The fourth-order valence-corrected chi connectivity index (χ4v) is 2.93. The highest BCUT2D eigenvalue weighted by Gasteiger charge is 2.23. The summed E-state index contributed by atoms with van der Waals surface area (Å²) in [6.45, 7) is 18.2. The van der Waals surface area contributed by atoms with E-state index in [9.17, 15) is 0 Å². The van der Waals surface area contributed by atoms with Crippen LogP contribution in [0.3, 0.4) is 0 Å². The van der Waals surface area contributed by atoms with Crippen LogP contribution in [0.2, 0.25) is 0 Å². The van der Waals surface area contributed by atoms with Crippen LogP contribution in [-0.2, 0) is 0 Å². The van der Waals surface area contributed by atoms with Crippen LogP contribution in [0.15, 0.2) is 10.3 Å². The van der Waals surface area contributed by atoms with Gasteiger partial charge in [-0.25, -0.2) is 0 Å². The molecule has 0 rings (SSSR count). The van der Waals surface area contributed by atoms with E-state index in [2.05, 4.69) is 34.8 Å². The predicted octanol–water partition coefficient (Wildman–Crippen LogP) is 4.65. The summed E-state index contributed by atoms with van der Waals surface area (Å²) < 4.78 is 0. The van der Waals surface area contributed by atoms with Gasteiger partial charge in [0.1, 0.15) is 0 Å². The molecule has 0 aliphatic carbocycles. The Morgan fingerprint density at radius 3 is 1.52 bits per heavy atom. The highest BCUT2D eigenvalue weighted by atomic mass is 16.4. The van der Waals surface area contributed by atoms with Crippen molar-refractivity contribution in [2.24, 2.45) is 22.1 Å². The lowest BCUT2D eigenvalue weighted by Gasteiger charge is -2.28. The molecule has 0 radical (unpaired) electrons. The Kier molecular flexibility index (Phi) is 11.8. The number of oxime groups is 2. The van der Waals surface area contributed by atoms with E-state index in [4.69, 9.17) is 10.4 Å². The van der Waals surface area contributed by atoms with Gasteiger partial charge >= 0.3 is 0 Å². The minimum absolute atomic E-state index is 0.299. The first-order valence-corrected chi connectivity index (χ1v) is 10.3. The minimum Gasteiger partial charge on any atom is -0.411 e. The first-order chi connectivity index (χ1) is 12.5. The van der Waals surface area contributed by atoms with Gasteiger partial charge in [-0.2, -0.15) is 0 Å². The lowest BCUT2D eigenvalue weighted by Crippen LogP contribution is -2.47. The monoisotopic (exact) mass is 384 g/mol. The Bertz CT molecular complexity index is 435. The van der Waals surface area contributed by atoms with Crippen molar-refractivity contribution in [2.45, 2.75) is 98.6 Å². The van der Waals surface area contributed by atoms with Gasteiger partial charge in [-0.15, -0.1) is 0 Å². The number of hydrogen-bond donors (Lipinski definition) is 4. The molecule has 0 amide bonds. The van der Waals surface area contributed by atoms with Gasteiger partial charge in [0.15, 0.2) is 0 Å². The van der Waals surface area contributed by atoms with Crippen LogP contribution in [0.4, 0.5) is 0 Å². The van der Waals surface area contributed by atoms with Crippen molar-refractivity contribution in [3.05, 3.63) is 0 Å². The van der Waals surface area contributed by atoms with Crippen molar-refractivity contribution in [1.29, 1.82) is 0 Å². The van der Waals surface area contributed by atoms with Crippen molar-refractivity contribution in [3.63, 3.8) is 0 Å². The first-order valence-electron chi connectivity index (χ1n) is 10.3. The van der Waals surface area contributed by atoms with E-state index >= 15 is 0 Å². The zero-order valence-electron chi connectivity index (χ0n) is 18.9. The second-order valence-corrected chi connectivity index (χ2v) is 9.24. The Labute approximate surface area is 166 Å². The van der Waals surface area contributed by atoms with Gasteiger partial charge in [0.2, 0.25) is 0 Å². The van der Waals surface area contributed by atoms with Crippen molar-refractivity contribution in [2.75, 3.05) is 13.1 Å². The second-order valence-electron chi connectivity index (χ2n) is 9.24. The average Bonchev–Trinajstić information content (AvgIpc) is 2.59. The number of nitrogens with one attached hydrogen (secondary N) is 2. The van der Waals surface area contributed by atoms with E-state index < -0.39 is 0 Å². The topological polar surface area (TPSA) is 89.2 Å². The third-order valence-electron chi connectivity index (χ3n) is 5.74. The zero-order valence-corrected chi connectivity index (χ0v) is 18.9. The molecule has 0 aromatic rings. The van der Waals surface area contributed by atoms with Crippen LogP contribution in [0.5, 0.6) is 0 Å². The summed E-state index contributed by atoms with van der Waals surface area (Å²) in [6, 6.07) is 0. The van der Waals surface area contributed by atoms with E-state index in [1.54, 1.807) is 0 Å². The molecule has 0 fully saturated rings. The van der Waals surface area contributed by atoms with Gasteiger partial charge in [-0.3, -0.25) is 0 Å². The first kappa shape index (κ1) is 25.9. The Morgan fingerprint density at radius 2 is 1.19 bits per heavy atom. The Morgan fingerprint density at radius 1 is 0.778 bits per heavy atom. The van der Waals surface area contributed by atoms with Crippen molar-refractivity contribution >= 4 is 11.4 Å². The maximum atomic E-state index is 9.02. The van der Waals surface area contributed by atoms with Gasteiger partial charge in [-0.05, 0) is 79.3 Å². The van der Waals surface area contributed by atoms with Crippen molar-refractivity contribution in [3.8, 4) is 0 Å². The third kappa shape index (κ3) is 10.7. The number of rotatable bonds is 14. The number of nitrogens with zero attached hydrogens (tertiary/aromatic N) is 2. The van der Waals surface area contributed by atoms with Crippen LogP contribution in [0.25, 0.3) is 0 Å². The van der Waals surface area contributed by atoms with Crippen LogP contribution in [0.1, 0.15) is 87.5 Å². The third-order valence-corrected chi connectivity index (χ3v) is 5.74. The Hall–Kier alpha value is -1.14. The van der Waals surface area contributed by atoms with E-state index in [0.29, 0.717) is 17.3 Å². The van der Waals surface area contributed by atoms with Gasteiger partial charge in [0.05, 0.1) is 22.5 Å². The lowest BCUT2D eigenvalue weighted by molar-refractivity contribution is 0.305. The van der Waals surface area contributed by atoms with E-state index in [-0.39, 0.29) is 11.1 Å². The van der Waals surface area contributed by atoms with E-state index in [1.807, 2.05) is 41.5 Å². The molecule has 0 saturated heterocycles. The largest absolute Gasteiger partial charge is 0.411 e. The summed E-state index contributed by atoms with van der Waals surface area (Å²) >= 11 is 0. The van der Waals surface area contributed by atoms with Crippen LogP contribution in [-0.4, -0.2) is 46.0 Å². The van der Waals surface area contributed by atoms with E-state index in [0.717, 1.165) is 31.8 Å². The minimum atomic E-state index is -0.299. The molecule has 0 saturated carbocycles. The summed E-state index contributed by atoms with van der Waals surface area (Å²) in [5.41, 5.74) is 0.792. The summed E-state index contributed by atoms with van der Waals surface area (Å²) in [5.74, 6) is 1.37. The smallest absolute Gasteiger partial charge is 0.0734 e. The molecule has 6 nitrogen and oxygen atoms in total. The van der Waals surface area contributed by atoms with Crippen LogP contribution >= 0.6 is 0 Å². The average molecular weight is 385 g/mol. The molecular weight excluding hydrogens is 340 g/mol. The van der Waals surface area contributed by atoms with Crippen molar-refractivity contribution < 1.29 is 10.4 Å². The molecule has 6 heteroatoms. The molecule has 4 N–H and O–H groups in total. The maximum Gasteiger partial charge on any atom is 0.0734 e. The van der Waals surface area contributed by atoms with Gasteiger partial charge in [-0.1, -0.05) is 43.4 Å². The molecule has 0 bridgehead atoms. The predicted molar refractivity (Wildman–Crippen MR) is 115 cm³/mol. The fraction of sp³-hybridized carbons (Fsp3) is 0.905. The molecule has 0 unspecified atom stereocenters. The quantitative estimate of drug-likeness (QED) is 0.199. The molecule has 0 aliphatic heterocycles. The molecule has 0 atom stereocenters. The summed E-state index contributed by atoms with van der Waals surface area (Å²) in [4.78, 5) is 0. The molecule has 0 spiro atoms. The van der Waals surface area contributed by atoms with Gasteiger partial charge < -0.3 is 21.0 Å². The summed E-state index contributed by atoms with van der Waals surface area (Å²) in [6.07, 6.45) is 5.93. The number of hydrogen-bond acceptors (Lipinski definition) is 6. The van der Waals surface area contributed by atoms with Crippen LogP contribution in [0, 0.1) is 11.8 Å². The summed E-state index contributed by atoms with van der Waals surface area (Å²) in [7, 11) is 0. The van der Waals surface area contributed by atoms with Gasteiger partial charge in [0.25, 0.3) is 0 Å². The molecule has 0 heterocycles. The molecule has 0 aromatic carbocycles. The zero-order chi connectivity index (χ0) is 21.1. The molecular formula is C21H44N4O2. The van der Waals surface area contributed by atoms with Crippen molar-refractivity contribution in [1.82, 2.24) is 10.6 Å². The second kappa shape index (κ2) is 12.3. The molecule has 0 aromatic heterocycles. The Balaban J connectivity index is 4.60. The normalized spacial score (nSPS) is 15.4. The molecule has 0 aliphatic rings. The standard InChI is InChI=1S/C21H44N4O2/c1-16(2)10-9-11-19(12-14-22-20(5,6)17(3)24-26)13-15-23-21(7,8)18(4)25-27/h16,19,22-23,26-27H,9-15H2,1-8H3/b24-17+,25-18+.